The first kappa shape index (κ1) is 13.4. The highest BCUT2D eigenvalue weighted by atomic mass is 35.5. The highest BCUT2D eigenvalue weighted by Gasteiger charge is 2.30. The van der Waals surface area contributed by atoms with E-state index in [-0.39, 0.29) is 10.8 Å². The highest BCUT2D eigenvalue weighted by Crippen LogP contribution is 2.38. The second-order valence-electron chi connectivity index (χ2n) is 6.33. The van der Waals surface area contributed by atoms with Gasteiger partial charge in [0, 0.05) is 5.56 Å². The molecule has 16 heavy (non-hydrogen) atoms. The molecule has 0 aliphatic rings. The Morgan fingerprint density at radius 1 is 0.812 bits per heavy atom. The summed E-state index contributed by atoms with van der Waals surface area (Å²) in [7, 11) is 0. The maximum absolute atomic E-state index is 6.22. The largest absolute Gasteiger partial charge is 0.155 e. The van der Waals surface area contributed by atoms with E-state index in [0.717, 1.165) is 11.3 Å². The standard InChI is InChI=1S/C13H21ClN2/c1-8-9(12(2,3)4)10(13(5,6)7)11(14)16-15-8/h1-7H3. The average molecular weight is 241 g/mol. The molecule has 1 rings (SSSR count). The lowest BCUT2D eigenvalue weighted by atomic mass is 9.75. The molecule has 0 bridgehead atoms. The third kappa shape index (κ3) is 2.54. The first-order valence-electron chi connectivity index (χ1n) is 5.59. The Hall–Kier alpha value is -0.630. The van der Waals surface area contributed by atoms with Crippen molar-refractivity contribution in [3.05, 3.63) is 22.0 Å². The molecule has 3 heteroatoms. The molecule has 0 aromatic carbocycles. The Bertz CT molecular complexity index is 359. The van der Waals surface area contributed by atoms with Crippen LogP contribution in [0.4, 0.5) is 0 Å². The van der Waals surface area contributed by atoms with Gasteiger partial charge in [0.15, 0.2) is 5.15 Å². The van der Waals surface area contributed by atoms with Gasteiger partial charge in [-0.1, -0.05) is 53.1 Å². The first-order valence-corrected chi connectivity index (χ1v) is 5.96. The first-order chi connectivity index (χ1) is 7.05. The van der Waals surface area contributed by atoms with Crippen molar-refractivity contribution in [1.82, 2.24) is 10.2 Å². The summed E-state index contributed by atoms with van der Waals surface area (Å²) in [5.41, 5.74) is 3.34. The summed E-state index contributed by atoms with van der Waals surface area (Å²) in [5.74, 6) is 0. The van der Waals surface area contributed by atoms with Crippen molar-refractivity contribution in [1.29, 1.82) is 0 Å². The van der Waals surface area contributed by atoms with Crippen LogP contribution in [0.2, 0.25) is 5.15 Å². The molecule has 0 fully saturated rings. The summed E-state index contributed by atoms with van der Waals surface area (Å²) >= 11 is 6.22. The highest BCUT2D eigenvalue weighted by molar-refractivity contribution is 6.30. The van der Waals surface area contributed by atoms with Gasteiger partial charge in [0.25, 0.3) is 0 Å². The van der Waals surface area contributed by atoms with Gasteiger partial charge in [-0.05, 0) is 23.3 Å². The van der Waals surface area contributed by atoms with Gasteiger partial charge in [-0.3, -0.25) is 0 Å². The van der Waals surface area contributed by atoms with Crippen molar-refractivity contribution in [2.24, 2.45) is 0 Å². The predicted molar refractivity (Wildman–Crippen MR) is 69.2 cm³/mol. The minimum atomic E-state index is -0.0135. The van der Waals surface area contributed by atoms with Crippen molar-refractivity contribution in [2.75, 3.05) is 0 Å². The monoisotopic (exact) mass is 240 g/mol. The Kier molecular flexibility index (Phi) is 3.35. The molecule has 0 atom stereocenters. The number of aryl methyl sites for hydroxylation is 1. The predicted octanol–water partition coefficient (Wildman–Crippen LogP) is 4.03. The molecule has 0 radical (unpaired) electrons. The van der Waals surface area contributed by atoms with Crippen molar-refractivity contribution < 1.29 is 0 Å². The fraction of sp³-hybridized carbons (Fsp3) is 0.692. The van der Waals surface area contributed by atoms with Crippen LogP contribution in [0.3, 0.4) is 0 Å². The number of hydrogen-bond donors (Lipinski definition) is 0. The van der Waals surface area contributed by atoms with Gasteiger partial charge in [0.2, 0.25) is 0 Å². The lowest BCUT2D eigenvalue weighted by molar-refractivity contribution is 0.518. The molecular weight excluding hydrogens is 220 g/mol. The minimum Gasteiger partial charge on any atom is -0.154 e. The van der Waals surface area contributed by atoms with Gasteiger partial charge in [-0.25, -0.2) is 0 Å². The van der Waals surface area contributed by atoms with Crippen LogP contribution in [0.25, 0.3) is 0 Å². The van der Waals surface area contributed by atoms with Crippen LogP contribution in [0.15, 0.2) is 0 Å². The zero-order valence-corrected chi connectivity index (χ0v) is 12.0. The summed E-state index contributed by atoms with van der Waals surface area (Å²) in [5, 5.41) is 8.70. The normalized spacial score (nSPS) is 13.0. The molecule has 2 nitrogen and oxygen atoms in total. The zero-order valence-electron chi connectivity index (χ0n) is 11.3. The summed E-state index contributed by atoms with van der Waals surface area (Å²) in [6.45, 7) is 15.0. The Morgan fingerprint density at radius 3 is 1.56 bits per heavy atom. The molecule has 0 N–H and O–H groups in total. The number of hydrogen-bond acceptors (Lipinski definition) is 2. The van der Waals surface area contributed by atoms with Crippen LogP contribution < -0.4 is 0 Å². The molecular formula is C13H21ClN2. The van der Waals surface area contributed by atoms with Crippen LogP contribution in [0.5, 0.6) is 0 Å². The van der Waals surface area contributed by atoms with Crippen LogP contribution in [-0.4, -0.2) is 10.2 Å². The van der Waals surface area contributed by atoms with Gasteiger partial charge >= 0.3 is 0 Å². The number of aromatic nitrogens is 2. The van der Waals surface area contributed by atoms with Gasteiger partial charge in [0.1, 0.15) is 0 Å². The molecule has 0 unspecified atom stereocenters. The third-order valence-corrected chi connectivity index (χ3v) is 2.87. The quantitative estimate of drug-likeness (QED) is 0.684. The number of nitrogens with zero attached hydrogens (tertiary/aromatic N) is 2. The summed E-state index contributed by atoms with van der Waals surface area (Å²) in [4.78, 5) is 0. The smallest absolute Gasteiger partial charge is 0.154 e. The Morgan fingerprint density at radius 2 is 1.25 bits per heavy atom. The van der Waals surface area contributed by atoms with Crippen molar-refractivity contribution >= 4 is 11.6 Å². The second-order valence-corrected chi connectivity index (χ2v) is 6.68. The molecule has 1 heterocycles. The fourth-order valence-electron chi connectivity index (χ4n) is 2.11. The maximum Gasteiger partial charge on any atom is 0.155 e. The number of halogens is 1. The van der Waals surface area contributed by atoms with Crippen LogP contribution in [0, 0.1) is 6.92 Å². The summed E-state index contributed by atoms with van der Waals surface area (Å²) in [6, 6.07) is 0. The van der Waals surface area contributed by atoms with Gasteiger partial charge in [-0.15, -0.1) is 5.10 Å². The van der Waals surface area contributed by atoms with E-state index in [2.05, 4.69) is 51.7 Å². The van der Waals surface area contributed by atoms with E-state index < -0.39 is 0 Å². The molecule has 0 amide bonds. The molecule has 0 spiro atoms. The van der Waals surface area contributed by atoms with Gasteiger partial charge in [-0.2, -0.15) is 5.10 Å². The molecule has 0 saturated heterocycles. The topological polar surface area (TPSA) is 25.8 Å². The fourth-order valence-corrected chi connectivity index (χ4v) is 2.52. The summed E-state index contributed by atoms with van der Waals surface area (Å²) < 4.78 is 0. The van der Waals surface area contributed by atoms with Gasteiger partial charge < -0.3 is 0 Å². The Balaban J connectivity index is 3.64. The van der Waals surface area contributed by atoms with Crippen molar-refractivity contribution in [2.45, 2.75) is 59.3 Å². The van der Waals surface area contributed by atoms with Crippen molar-refractivity contribution in [3.63, 3.8) is 0 Å². The molecule has 0 aliphatic heterocycles. The van der Waals surface area contributed by atoms with E-state index in [1.807, 2.05) is 6.92 Å². The molecule has 90 valence electrons. The average Bonchev–Trinajstić information content (AvgIpc) is 2.04. The van der Waals surface area contributed by atoms with Crippen molar-refractivity contribution in [3.8, 4) is 0 Å². The Labute approximate surface area is 103 Å². The van der Waals surface area contributed by atoms with E-state index in [0.29, 0.717) is 5.15 Å². The van der Waals surface area contributed by atoms with E-state index in [4.69, 9.17) is 11.6 Å². The van der Waals surface area contributed by atoms with Crippen LogP contribution in [0.1, 0.15) is 58.4 Å². The lowest BCUT2D eigenvalue weighted by Crippen LogP contribution is -2.25. The van der Waals surface area contributed by atoms with E-state index in [1.54, 1.807) is 0 Å². The number of rotatable bonds is 0. The minimum absolute atomic E-state index is 0.0135. The maximum atomic E-state index is 6.22. The second kappa shape index (κ2) is 3.99. The third-order valence-electron chi connectivity index (χ3n) is 2.61. The molecule has 0 aliphatic carbocycles. The molecule has 1 aromatic heterocycles. The molecule has 1 aromatic rings. The van der Waals surface area contributed by atoms with E-state index in [1.165, 1.54) is 5.56 Å². The summed E-state index contributed by atoms with van der Waals surface area (Å²) in [6.07, 6.45) is 0. The SMILES string of the molecule is Cc1nnc(Cl)c(C(C)(C)C)c1C(C)(C)C. The molecule has 0 saturated carbocycles. The van der Waals surface area contributed by atoms with E-state index in [9.17, 15) is 0 Å². The van der Waals surface area contributed by atoms with Crippen LogP contribution in [-0.2, 0) is 10.8 Å². The van der Waals surface area contributed by atoms with Crippen LogP contribution >= 0.6 is 11.6 Å². The lowest BCUT2D eigenvalue weighted by Gasteiger charge is -2.31. The zero-order chi connectivity index (χ0) is 12.7. The van der Waals surface area contributed by atoms with Gasteiger partial charge in [0.05, 0.1) is 5.69 Å². The van der Waals surface area contributed by atoms with E-state index >= 15 is 0 Å².